The monoisotopic (exact) mass is 204 g/mol. The van der Waals surface area contributed by atoms with Crippen LogP contribution in [0.3, 0.4) is 0 Å². The van der Waals surface area contributed by atoms with Crippen LogP contribution < -0.4 is 5.73 Å². The molecule has 0 aromatic heterocycles. The van der Waals surface area contributed by atoms with Crippen molar-refractivity contribution < 1.29 is 9.00 Å². The minimum absolute atomic E-state index is 0.0517. The van der Waals surface area contributed by atoms with E-state index in [1.807, 2.05) is 0 Å². The maximum atomic E-state index is 11.6. The summed E-state index contributed by atoms with van der Waals surface area (Å²) in [6, 6.07) is 0. The Morgan fingerprint density at radius 1 is 1.38 bits per heavy atom. The number of nitrogens with zero attached hydrogens (tertiary/aromatic N) is 1. The number of carbonyl (C=O) groups excluding carboxylic acids is 1. The Morgan fingerprint density at radius 2 is 1.85 bits per heavy atom. The van der Waals surface area contributed by atoms with Gasteiger partial charge >= 0.3 is 0 Å². The number of nitrogens with two attached hydrogens (primary N) is 1. The average Bonchev–Trinajstić information content (AvgIpc) is 2.03. The Kier molecular flexibility index (Phi) is 3.08. The lowest BCUT2D eigenvalue weighted by molar-refractivity contribution is -0.135. The van der Waals surface area contributed by atoms with Crippen LogP contribution in [-0.4, -0.2) is 45.2 Å². The molecular weight excluding hydrogens is 188 g/mol. The van der Waals surface area contributed by atoms with Crippen LogP contribution in [0.4, 0.5) is 0 Å². The number of hydrogen-bond acceptors (Lipinski definition) is 3. The molecule has 0 atom stereocenters. The maximum absolute atomic E-state index is 11.6. The highest BCUT2D eigenvalue weighted by Gasteiger charge is 2.29. The zero-order chi connectivity index (χ0) is 10.1. The molecular formula is C8H16N2O2S. The van der Waals surface area contributed by atoms with Gasteiger partial charge in [-0.3, -0.25) is 9.00 Å². The molecule has 2 N–H and O–H groups in total. The smallest absolute Gasteiger partial charge is 0.242 e. The molecule has 1 amide bonds. The second-order valence-electron chi connectivity index (χ2n) is 3.86. The number of hydrogen-bond donors (Lipinski definition) is 1. The van der Waals surface area contributed by atoms with Crippen molar-refractivity contribution in [1.82, 2.24) is 4.90 Å². The van der Waals surface area contributed by atoms with Gasteiger partial charge in [-0.2, -0.15) is 0 Å². The van der Waals surface area contributed by atoms with Gasteiger partial charge in [0, 0.05) is 35.4 Å². The molecule has 0 radical (unpaired) electrons. The van der Waals surface area contributed by atoms with Crippen LogP contribution in [0.2, 0.25) is 0 Å². The molecule has 1 aliphatic rings. The molecule has 1 saturated heterocycles. The fraction of sp³-hybridized carbons (Fsp3) is 0.875. The van der Waals surface area contributed by atoms with Gasteiger partial charge in [-0.15, -0.1) is 0 Å². The molecule has 5 heteroatoms. The molecule has 0 aromatic carbocycles. The first kappa shape index (κ1) is 10.7. The lowest BCUT2D eigenvalue weighted by atomic mass is 10.1. The van der Waals surface area contributed by atoms with Gasteiger partial charge < -0.3 is 10.6 Å². The van der Waals surface area contributed by atoms with Crippen LogP contribution >= 0.6 is 0 Å². The lowest BCUT2D eigenvalue weighted by Gasteiger charge is -2.31. The van der Waals surface area contributed by atoms with Crippen molar-refractivity contribution in [1.29, 1.82) is 0 Å². The number of rotatable bonds is 1. The summed E-state index contributed by atoms with van der Waals surface area (Å²) in [5.41, 5.74) is 4.87. The summed E-state index contributed by atoms with van der Waals surface area (Å²) in [5.74, 6) is 1.12. The van der Waals surface area contributed by atoms with E-state index in [4.69, 9.17) is 5.73 Å². The highest BCUT2D eigenvalue weighted by molar-refractivity contribution is 7.85. The minimum Gasteiger partial charge on any atom is -0.339 e. The Balaban J connectivity index is 2.55. The van der Waals surface area contributed by atoms with Crippen LogP contribution in [0.1, 0.15) is 13.8 Å². The second kappa shape index (κ2) is 3.75. The molecule has 0 aromatic rings. The zero-order valence-corrected chi connectivity index (χ0v) is 8.89. The van der Waals surface area contributed by atoms with Crippen LogP contribution in [0.15, 0.2) is 0 Å². The van der Waals surface area contributed by atoms with E-state index in [0.717, 1.165) is 0 Å². The maximum Gasteiger partial charge on any atom is 0.242 e. The summed E-state index contributed by atoms with van der Waals surface area (Å²) in [5, 5.41) is 0. The molecule has 4 nitrogen and oxygen atoms in total. The van der Waals surface area contributed by atoms with Gasteiger partial charge in [0.05, 0.1) is 5.54 Å². The van der Waals surface area contributed by atoms with E-state index in [1.54, 1.807) is 18.7 Å². The number of carbonyl (C=O) groups is 1. The first-order valence-electron chi connectivity index (χ1n) is 4.34. The predicted molar refractivity (Wildman–Crippen MR) is 52.7 cm³/mol. The quantitative estimate of drug-likeness (QED) is 0.615. The fourth-order valence-electron chi connectivity index (χ4n) is 1.25. The first-order chi connectivity index (χ1) is 5.91. The summed E-state index contributed by atoms with van der Waals surface area (Å²) < 4.78 is 11.0. The normalized spacial score (nSPS) is 20.4. The van der Waals surface area contributed by atoms with Gasteiger partial charge in [-0.05, 0) is 13.8 Å². The van der Waals surface area contributed by atoms with Crippen molar-refractivity contribution in [2.75, 3.05) is 24.6 Å². The van der Waals surface area contributed by atoms with Crippen LogP contribution in [-0.2, 0) is 15.6 Å². The molecule has 1 aliphatic heterocycles. The molecule has 13 heavy (non-hydrogen) atoms. The molecule has 0 aliphatic carbocycles. The van der Waals surface area contributed by atoms with E-state index in [0.29, 0.717) is 24.6 Å². The van der Waals surface area contributed by atoms with Crippen molar-refractivity contribution in [2.24, 2.45) is 5.73 Å². The molecule has 0 unspecified atom stereocenters. The van der Waals surface area contributed by atoms with Crippen LogP contribution in [0.25, 0.3) is 0 Å². The van der Waals surface area contributed by atoms with E-state index in [2.05, 4.69) is 0 Å². The minimum atomic E-state index is -0.807. The fourth-order valence-corrected chi connectivity index (χ4v) is 2.30. The predicted octanol–water partition coefficient (Wildman–Crippen LogP) is -0.685. The summed E-state index contributed by atoms with van der Waals surface area (Å²) in [7, 11) is -0.739. The molecule has 1 rings (SSSR count). The highest BCUT2D eigenvalue weighted by atomic mass is 32.2. The topological polar surface area (TPSA) is 63.4 Å². The van der Waals surface area contributed by atoms with Gasteiger partial charge in [0.25, 0.3) is 0 Å². The Morgan fingerprint density at radius 3 is 2.23 bits per heavy atom. The van der Waals surface area contributed by atoms with E-state index in [9.17, 15) is 9.00 Å². The molecule has 0 spiro atoms. The summed E-state index contributed by atoms with van der Waals surface area (Å²) >= 11 is 0. The third kappa shape index (κ3) is 2.77. The van der Waals surface area contributed by atoms with E-state index < -0.39 is 16.3 Å². The Labute approximate surface area is 80.9 Å². The van der Waals surface area contributed by atoms with Gasteiger partial charge in [0.1, 0.15) is 0 Å². The second-order valence-corrected chi connectivity index (χ2v) is 5.56. The van der Waals surface area contributed by atoms with Gasteiger partial charge in [0.2, 0.25) is 5.91 Å². The molecule has 0 bridgehead atoms. The largest absolute Gasteiger partial charge is 0.339 e. The van der Waals surface area contributed by atoms with Gasteiger partial charge in [0.15, 0.2) is 0 Å². The summed E-state index contributed by atoms with van der Waals surface area (Å²) in [6.07, 6.45) is 0. The van der Waals surface area contributed by atoms with Crippen molar-refractivity contribution >= 4 is 16.7 Å². The third-order valence-electron chi connectivity index (χ3n) is 2.02. The van der Waals surface area contributed by atoms with E-state index in [1.165, 1.54) is 0 Å². The lowest BCUT2D eigenvalue weighted by Crippen LogP contribution is -2.54. The molecule has 1 heterocycles. The van der Waals surface area contributed by atoms with E-state index >= 15 is 0 Å². The summed E-state index contributed by atoms with van der Waals surface area (Å²) in [4.78, 5) is 13.3. The van der Waals surface area contributed by atoms with Crippen molar-refractivity contribution in [3.05, 3.63) is 0 Å². The summed E-state index contributed by atoms with van der Waals surface area (Å²) in [6.45, 7) is 4.54. The SMILES string of the molecule is CC(C)(N)C(=O)N1CCS(=O)CC1. The Bertz CT molecular complexity index is 225. The first-order valence-corrected chi connectivity index (χ1v) is 5.83. The number of amides is 1. The standard InChI is InChI=1S/C8H16N2O2S/c1-8(2,9)7(11)10-3-5-13(12)6-4-10/h3-6,9H2,1-2H3. The van der Waals surface area contributed by atoms with Crippen molar-refractivity contribution in [2.45, 2.75) is 19.4 Å². The van der Waals surface area contributed by atoms with E-state index in [-0.39, 0.29) is 5.91 Å². The van der Waals surface area contributed by atoms with Crippen molar-refractivity contribution in [3.63, 3.8) is 0 Å². The van der Waals surface area contributed by atoms with Gasteiger partial charge in [-0.1, -0.05) is 0 Å². The molecule has 0 saturated carbocycles. The zero-order valence-electron chi connectivity index (χ0n) is 8.08. The Hall–Kier alpha value is -0.420. The van der Waals surface area contributed by atoms with Gasteiger partial charge in [-0.25, -0.2) is 0 Å². The van der Waals surface area contributed by atoms with Crippen LogP contribution in [0.5, 0.6) is 0 Å². The van der Waals surface area contributed by atoms with Crippen molar-refractivity contribution in [3.8, 4) is 0 Å². The highest BCUT2D eigenvalue weighted by Crippen LogP contribution is 2.07. The average molecular weight is 204 g/mol. The van der Waals surface area contributed by atoms with Crippen LogP contribution in [0, 0.1) is 0 Å². The third-order valence-corrected chi connectivity index (χ3v) is 3.29. The molecule has 1 fully saturated rings. The molecule has 76 valence electrons.